The molecule has 0 aliphatic heterocycles. The first-order valence-corrected chi connectivity index (χ1v) is 11.9. The van der Waals surface area contributed by atoms with Crippen LogP contribution in [0.4, 0.5) is 0 Å². The Labute approximate surface area is 202 Å². The minimum atomic E-state index is -0.104. The lowest BCUT2D eigenvalue weighted by molar-refractivity contribution is 0.711. The number of hydrogen-bond acceptors (Lipinski definition) is 4. The summed E-state index contributed by atoms with van der Waals surface area (Å²) in [6.45, 7) is 6.52. The molecule has 0 atom stereocenters. The van der Waals surface area contributed by atoms with Crippen LogP contribution in [0.2, 0.25) is 0 Å². The van der Waals surface area contributed by atoms with E-state index in [4.69, 9.17) is 15.0 Å². The van der Waals surface area contributed by atoms with Gasteiger partial charge in [0, 0.05) is 5.69 Å². The number of rotatable bonds is 4. The molecule has 0 saturated heterocycles. The summed E-state index contributed by atoms with van der Waals surface area (Å²) < 4.78 is 3.71. The topological polar surface area (TPSA) is 65.6 Å². The van der Waals surface area contributed by atoms with E-state index < -0.39 is 0 Å². The molecule has 3 aromatic heterocycles. The largest absolute Gasteiger partial charge is 0.292 e. The van der Waals surface area contributed by atoms with Gasteiger partial charge in [-0.2, -0.15) is 0 Å². The molecule has 0 N–H and O–H groups in total. The zero-order valence-electron chi connectivity index (χ0n) is 20.0. The van der Waals surface area contributed by atoms with Crippen LogP contribution in [0.1, 0.15) is 29.4 Å². The SMILES string of the molecule is CCc1cccc(-n2c3nc4ccccc4nc3c3c(=O)n(Cc4ccc(C)cc4)c(C)nc32)c1. The normalized spacial score (nSPS) is 11.6. The van der Waals surface area contributed by atoms with E-state index >= 15 is 0 Å². The average Bonchev–Trinajstić information content (AvgIpc) is 3.19. The number of aromatic nitrogens is 5. The maximum atomic E-state index is 14.0. The lowest BCUT2D eigenvalue weighted by atomic mass is 10.1. The lowest BCUT2D eigenvalue weighted by Gasteiger charge is -2.12. The predicted octanol–water partition coefficient (Wildman–Crippen LogP) is 5.51. The van der Waals surface area contributed by atoms with Gasteiger partial charge in [-0.3, -0.25) is 13.9 Å². The van der Waals surface area contributed by atoms with Crippen molar-refractivity contribution < 1.29 is 0 Å². The number of aryl methyl sites for hydroxylation is 3. The van der Waals surface area contributed by atoms with Crippen LogP contribution in [0.3, 0.4) is 0 Å². The number of para-hydroxylation sites is 2. The maximum absolute atomic E-state index is 14.0. The summed E-state index contributed by atoms with van der Waals surface area (Å²) in [5.41, 5.74) is 7.62. The second-order valence-electron chi connectivity index (χ2n) is 8.98. The highest BCUT2D eigenvalue weighted by Gasteiger charge is 2.22. The molecule has 35 heavy (non-hydrogen) atoms. The van der Waals surface area contributed by atoms with Gasteiger partial charge >= 0.3 is 0 Å². The van der Waals surface area contributed by atoms with E-state index in [1.807, 2.05) is 47.9 Å². The van der Waals surface area contributed by atoms with Crippen molar-refractivity contribution >= 4 is 33.2 Å². The van der Waals surface area contributed by atoms with E-state index in [-0.39, 0.29) is 5.56 Å². The minimum absolute atomic E-state index is 0.104. The van der Waals surface area contributed by atoms with Crippen molar-refractivity contribution in [3.8, 4) is 5.69 Å². The molecule has 0 radical (unpaired) electrons. The van der Waals surface area contributed by atoms with E-state index in [9.17, 15) is 4.79 Å². The minimum Gasteiger partial charge on any atom is -0.292 e. The summed E-state index contributed by atoms with van der Waals surface area (Å²) in [5, 5.41) is 0.498. The summed E-state index contributed by atoms with van der Waals surface area (Å²) in [6, 6.07) is 24.3. The van der Waals surface area contributed by atoms with Crippen molar-refractivity contribution in [3.05, 3.63) is 106 Å². The summed E-state index contributed by atoms with van der Waals surface area (Å²) >= 11 is 0. The first-order valence-electron chi connectivity index (χ1n) is 11.9. The smallest absolute Gasteiger partial charge is 0.265 e. The molecule has 0 spiro atoms. The van der Waals surface area contributed by atoms with Crippen LogP contribution >= 0.6 is 0 Å². The van der Waals surface area contributed by atoms with Crippen LogP contribution in [0.5, 0.6) is 0 Å². The van der Waals surface area contributed by atoms with Crippen LogP contribution in [0.25, 0.3) is 38.9 Å². The fraction of sp³-hybridized carbons (Fsp3) is 0.172. The molecule has 0 unspecified atom stereocenters. The highest BCUT2D eigenvalue weighted by molar-refractivity contribution is 6.05. The molecular weight excluding hydrogens is 434 g/mol. The first-order chi connectivity index (χ1) is 17.0. The van der Waals surface area contributed by atoms with Crippen LogP contribution < -0.4 is 5.56 Å². The van der Waals surface area contributed by atoms with E-state index in [1.165, 1.54) is 11.1 Å². The summed E-state index contributed by atoms with van der Waals surface area (Å²) in [5.74, 6) is 0.656. The van der Waals surface area contributed by atoms with Gasteiger partial charge in [-0.1, -0.05) is 61.0 Å². The Morgan fingerprint density at radius 2 is 1.51 bits per heavy atom. The van der Waals surface area contributed by atoms with E-state index in [1.54, 1.807) is 4.57 Å². The Balaban J connectivity index is 1.70. The molecule has 6 nitrogen and oxygen atoms in total. The molecule has 6 aromatic rings. The second-order valence-corrected chi connectivity index (χ2v) is 8.98. The van der Waals surface area contributed by atoms with Crippen molar-refractivity contribution in [1.29, 1.82) is 0 Å². The highest BCUT2D eigenvalue weighted by Crippen LogP contribution is 2.29. The zero-order chi connectivity index (χ0) is 24.1. The Kier molecular flexibility index (Phi) is 4.95. The van der Waals surface area contributed by atoms with Gasteiger partial charge in [-0.25, -0.2) is 15.0 Å². The Bertz CT molecular complexity index is 1800. The quantitative estimate of drug-likeness (QED) is 0.349. The van der Waals surface area contributed by atoms with Crippen LogP contribution in [0.15, 0.2) is 77.6 Å². The molecule has 6 rings (SSSR count). The zero-order valence-corrected chi connectivity index (χ0v) is 20.0. The lowest BCUT2D eigenvalue weighted by Crippen LogP contribution is -2.24. The van der Waals surface area contributed by atoms with Gasteiger partial charge in [0.05, 0.1) is 17.6 Å². The third-order valence-corrected chi connectivity index (χ3v) is 6.59. The van der Waals surface area contributed by atoms with Crippen molar-refractivity contribution in [1.82, 2.24) is 24.1 Å². The number of benzene rings is 3. The summed E-state index contributed by atoms with van der Waals surface area (Å²) in [7, 11) is 0. The standard InChI is InChI=1S/C29H25N5O/c1-4-20-8-7-9-22(16-20)34-27-25(26-28(34)32-24-11-6-5-10-23(24)31-26)29(35)33(19(3)30-27)17-21-14-12-18(2)13-15-21/h5-16H,4,17H2,1-3H3. The Morgan fingerprint density at radius 1 is 0.771 bits per heavy atom. The molecule has 3 aromatic carbocycles. The molecule has 6 heteroatoms. The molecule has 0 aliphatic carbocycles. The fourth-order valence-electron chi connectivity index (χ4n) is 4.65. The van der Waals surface area contributed by atoms with Crippen LogP contribution in [-0.4, -0.2) is 24.1 Å². The number of nitrogens with zero attached hydrogens (tertiary/aromatic N) is 5. The van der Waals surface area contributed by atoms with Gasteiger partial charge < -0.3 is 0 Å². The van der Waals surface area contributed by atoms with Gasteiger partial charge in [0.2, 0.25) is 0 Å². The third-order valence-electron chi connectivity index (χ3n) is 6.59. The third kappa shape index (κ3) is 3.49. The molecule has 0 aliphatic rings. The molecule has 3 heterocycles. The Hall–Kier alpha value is -4.32. The van der Waals surface area contributed by atoms with E-state index in [0.717, 1.165) is 28.7 Å². The summed E-state index contributed by atoms with van der Waals surface area (Å²) in [6.07, 6.45) is 0.912. The number of fused-ring (bicyclic) bond motifs is 4. The van der Waals surface area contributed by atoms with Crippen molar-refractivity contribution in [2.75, 3.05) is 0 Å². The van der Waals surface area contributed by atoms with Gasteiger partial charge in [-0.05, 0) is 55.7 Å². The van der Waals surface area contributed by atoms with Crippen molar-refractivity contribution in [2.45, 2.75) is 33.7 Å². The van der Waals surface area contributed by atoms with Gasteiger partial charge in [0.15, 0.2) is 11.3 Å². The average molecular weight is 460 g/mol. The molecule has 0 amide bonds. The number of hydrogen-bond donors (Lipinski definition) is 0. The molecule has 0 fully saturated rings. The monoisotopic (exact) mass is 459 g/mol. The van der Waals surface area contributed by atoms with Crippen molar-refractivity contribution in [2.24, 2.45) is 0 Å². The van der Waals surface area contributed by atoms with Gasteiger partial charge in [0.25, 0.3) is 5.56 Å². The van der Waals surface area contributed by atoms with E-state index in [0.29, 0.717) is 34.6 Å². The molecule has 0 bridgehead atoms. The maximum Gasteiger partial charge on any atom is 0.265 e. The predicted molar refractivity (Wildman–Crippen MR) is 140 cm³/mol. The molecule has 172 valence electrons. The van der Waals surface area contributed by atoms with Gasteiger partial charge in [0.1, 0.15) is 16.7 Å². The van der Waals surface area contributed by atoms with Crippen LogP contribution in [-0.2, 0) is 13.0 Å². The fourth-order valence-corrected chi connectivity index (χ4v) is 4.65. The molecular formula is C29H25N5O. The first kappa shape index (κ1) is 21.2. The highest BCUT2D eigenvalue weighted by atomic mass is 16.1. The van der Waals surface area contributed by atoms with Crippen LogP contribution in [0, 0.1) is 13.8 Å². The second kappa shape index (κ2) is 8.17. The van der Waals surface area contributed by atoms with Crippen molar-refractivity contribution in [3.63, 3.8) is 0 Å². The van der Waals surface area contributed by atoms with Gasteiger partial charge in [-0.15, -0.1) is 0 Å². The molecule has 0 saturated carbocycles. The summed E-state index contributed by atoms with van der Waals surface area (Å²) in [4.78, 5) is 28.8. The Morgan fingerprint density at radius 3 is 2.26 bits per heavy atom. The van der Waals surface area contributed by atoms with E-state index in [2.05, 4.69) is 50.2 Å².